The van der Waals surface area contributed by atoms with E-state index in [0.29, 0.717) is 16.6 Å². The minimum absolute atomic E-state index is 0.624. The molecule has 0 radical (unpaired) electrons. The van der Waals surface area contributed by atoms with Crippen LogP contribution in [0.3, 0.4) is 0 Å². The Bertz CT molecular complexity index is 573. The zero-order chi connectivity index (χ0) is 13.1. The molecule has 2 aromatic rings. The normalized spacial score (nSPS) is 10.4. The smallest absolute Gasteiger partial charge is 0.0652 e. The predicted molar refractivity (Wildman–Crippen MR) is 85.6 cm³/mol. The molecule has 1 nitrogen and oxygen atoms in total. The molecule has 0 spiro atoms. The van der Waals surface area contributed by atoms with E-state index in [0.717, 1.165) is 20.2 Å². The summed E-state index contributed by atoms with van der Waals surface area (Å²) in [5, 5.41) is 4.54. The zero-order valence-electron chi connectivity index (χ0n) is 9.18. The molecular weight excluding hydrogens is 401 g/mol. The predicted octanol–water partition coefficient (Wildman–Crippen LogP) is 6.13. The van der Waals surface area contributed by atoms with Crippen LogP contribution in [0.5, 0.6) is 0 Å². The third-order valence-electron chi connectivity index (χ3n) is 2.40. The van der Waals surface area contributed by atoms with Gasteiger partial charge in [-0.3, -0.25) is 0 Å². The van der Waals surface area contributed by atoms with Gasteiger partial charge in [0.2, 0.25) is 0 Å². The van der Waals surface area contributed by atoms with Gasteiger partial charge in [-0.1, -0.05) is 29.3 Å². The quantitative estimate of drug-likeness (QED) is 0.642. The number of benzene rings is 2. The van der Waals surface area contributed by atoms with Crippen molar-refractivity contribution < 1.29 is 0 Å². The first-order chi connectivity index (χ1) is 8.56. The van der Waals surface area contributed by atoms with Crippen molar-refractivity contribution in [1.82, 2.24) is 0 Å². The molecule has 0 atom stereocenters. The Balaban J connectivity index is 2.09. The molecule has 5 heteroatoms. The minimum atomic E-state index is 0.624. The van der Waals surface area contributed by atoms with Gasteiger partial charge in [-0.25, -0.2) is 0 Å². The number of nitrogens with one attached hydrogen (secondary N) is 1. The highest BCUT2D eigenvalue weighted by molar-refractivity contribution is 9.13. The molecule has 0 aromatic heterocycles. The molecule has 0 saturated carbocycles. The lowest BCUT2D eigenvalue weighted by molar-refractivity contribution is 1.14. The van der Waals surface area contributed by atoms with Gasteiger partial charge in [0.25, 0.3) is 0 Å². The summed E-state index contributed by atoms with van der Waals surface area (Å²) >= 11 is 18.9. The maximum Gasteiger partial charge on any atom is 0.0652 e. The molecule has 2 rings (SSSR count). The number of hydrogen-bond donors (Lipinski definition) is 1. The zero-order valence-corrected chi connectivity index (χ0v) is 13.9. The van der Waals surface area contributed by atoms with Crippen LogP contribution in [-0.2, 0) is 6.54 Å². The Morgan fingerprint density at radius 2 is 1.72 bits per heavy atom. The minimum Gasteiger partial charge on any atom is -0.380 e. The molecule has 2 aromatic carbocycles. The van der Waals surface area contributed by atoms with Gasteiger partial charge in [0.1, 0.15) is 0 Å². The third-order valence-corrected chi connectivity index (χ3v) is 4.83. The first kappa shape index (κ1) is 14.2. The van der Waals surface area contributed by atoms with Crippen LogP contribution in [0.1, 0.15) is 5.56 Å². The number of halogens is 4. The highest BCUT2D eigenvalue weighted by atomic mass is 79.9. The molecule has 0 aliphatic carbocycles. The van der Waals surface area contributed by atoms with E-state index in [1.165, 1.54) is 0 Å². The molecule has 0 bridgehead atoms. The van der Waals surface area contributed by atoms with Crippen molar-refractivity contribution in [3.8, 4) is 0 Å². The summed E-state index contributed by atoms with van der Waals surface area (Å²) in [6.45, 7) is 0.702. The summed E-state index contributed by atoms with van der Waals surface area (Å²) in [7, 11) is 0. The fourth-order valence-corrected chi connectivity index (χ4v) is 2.63. The van der Waals surface area contributed by atoms with E-state index in [2.05, 4.69) is 43.2 Å². The largest absolute Gasteiger partial charge is 0.380 e. The van der Waals surface area contributed by atoms with Gasteiger partial charge in [-0.2, -0.15) is 0 Å². The molecule has 1 N–H and O–H groups in total. The molecule has 0 unspecified atom stereocenters. The second-order valence-corrected chi connectivity index (χ2v) is 6.28. The molecule has 18 heavy (non-hydrogen) atoms. The number of rotatable bonds is 3. The van der Waals surface area contributed by atoms with E-state index in [1.54, 1.807) is 6.07 Å². The monoisotopic (exact) mass is 407 g/mol. The van der Waals surface area contributed by atoms with Gasteiger partial charge in [-0.15, -0.1) is 0 Å². The van der Waals surface area contributed by atoms with Crippen LogP contribution in [0.25, 0.3) is 0 Å². The van der Waals surface area contributed by atoms with Crippen molar-refractivity contribution in [2.45, 2.75) is 6.54 Å². The lowest BCUT2D eigenvalue weighted by atomic mass is 10.2. The average Bonchev–Trinajstić information content (AvgIpc) is 2.32. The van der Waals surface area contributed by atoms with Gasteiger partial charge in [0, 0.05) is 20.5 Å². The van der Waals surface area contributed by atoms with Crippen LogP contribution in [-0.4, -0.2) is 0 Å². The van der Waals surface area contributed by atoms with Crippen LogP contribution in [0.2, 0.25) is 10.0 Å². The van der Waals surface area contributed by atoms with Gasteiger partial charge in [0.05, 0.1) is 10.7 Å². The van der Waals surface area contributed by atoms with E-state index >= 15 is 0 Å². The SMILES string of the molecule is Clc1ccc(NCc2ccc(Br)c(Br)c2)c(Cl)c1. The second-order valence-electron chi connectivity index (χ2n) is 3.73. The fraction of sp³-hybridized carbons (Fsp3) is 0.0769. The lowest BCUT2D eigenvalue weighted by Gasteiger charge is -2.09. The summed E-state index contributed by atoms with van der Waals surface area (Å²) < 4.78 is 2.07. The molecule has 0 aliphatic heterocycles. The van der Waals surface area contributed by atoms with E-state index in [1.807, 2.05) is 24.3 Å². The third kappa shape index (κ3) is 3.64. The Labute approximate surface area is 133 Å². The molecular formula is C13H9Br2Cl2N. The van der Waals surface area contributed by atoms with Gasteiger partial charge in [0.15, 0.2) is 0 Å². The van der Waals surface area contributed by atoms with Gasteiger partial charge < -0.3 is 5.32 Å². The molecule has 0 aliphatic rings. The highest BCUT2D eigenvalue weighted by Gasteiger charge is 2.02. The summed E-state index contributed by atoms with van der Waals surface area (Å²) in [6.07, 6.45) is 0. The van der Waals surface area contributed by atoms with E-state index in [9.17, 15) is 0 Å². The van der Waals surface area contributed by atoms with Crippen molar-refractivity contribution in [3.05, 3.63) is 61.0 Å². The average molecular weight is 410 g/mol. The van der Waals surface area contributed by atoms with Crippen molar-refractivity contribution in [3.63, 3.8) is 0 Å². The molecule has 0 heterocycles. The molecule has 94 valence electrons. The first-order valence-corrected chi connectivity index (χ1v) is 7.53. The topological polar surface area (TPSA) is 12.0 Å². The summed E-state index contributed by atoms with van der Waals surface area (Å²) in [5.74, 6) is 0. The Morgan fingerprint density at radius 3 is 2.39 bits per heavy atom. The van der Waals surface area contributed by atoms with E-state index < -0.39 is 0 Å². The summed E-state index contributed by atoms with van der Waals surface area (Å²) in [6, 6.07) is 11.5. The second kappa shape index (κ2) is 6.29. The first-order valence-electron chi connectivity index (χ1n) is 5.19. The van der Waals surface area contributed by atoms with Crippen molar-refractivity contribution in [2.24, 2.45) is 0 Å². The van der Waals surface area contributed by atoms with Crippen LogP contribution in [0.4, 0.5) is 5.69 Å². The number of hydrogen-bond acceptors (Lipinski definition) is 1. The lowest BCUT2D eigenvalue weighted by Crippen LogP contribution is -1.99. The van der Waals surface area contributed by atoms with Crippen LogP contribution < -0.4 is 5.32 Å². The van der Waals surface area contributed by atoms with Crippen molar-refractivity contribution in [1.29, 1.82) is 0 Å². The Kier molecular flexibility index (Phi) is 4.96. The summed E-state index contributed by atoms with van der Waals surface area (Å²) in [4.78, 5) is 0. The fourth-order valence-electron chi connectivity index (χ4n) is 1.48. The Morgan fingerprint density at radius 1 is 0.944 bits per heavy atom. The van der Waals surface area contributed by atoms with E-state index in [-0.39, 0.29) is 0 Å². The maximum atomic E-state index is 6.09. The number of anilines is 1. The molecule has 0 saturated heterocycles. The van der Waals surface area contributed by atoms with Gasteiger partial charge >= 0.3 is 0 Å². The molecule has 0 fully saturated rings. The maximum absolute atomic E-state index is 6.09. The summed E-state index contributed by atoms with van der Waals surface area (Å²) in [5.41, 5.74) is 2.04. The van der Waals surface area contributed by atoms with Gasteiger partial charge in [-0.05, 0) is 67.8 Å². The van der Waals surface area contributed by atoms with Crippen LogP contribution in [0.15, 0.2) is 45.3 Å². The highest BCUT2D eigenvalue weighted by Crippen LogP contribution is 2.27. The van der Waals surface area contributed by atoms with Crippen molar-refractivity contribution in [2.75, 3.05) is 5.32 Å². The van der Waals surface area contributed by atoms with Crippen LogP contribution >= 0.6 is 55.1 Å². The standard InChI is InChI=1S/C13H9Br2Cl2N/c14-10-3-1-8(5-11(10)15)7-18-13-4-2-9(16)6-12(13)17/h1-6,18H,7H2. The molecule has 0 amide bonds. The van der Waals surface area contributed by atoms with Crippen LogP contribution in [0, 0.1) is 0 Å². The van der Waals surface area contributed by atoms with E-state index in [4.69, 9.17) is 23.2 Å². The van der Waals surface area contributed by atoms with Crippen molar-refractivity contribution >= 4 is 60.7 Å². The Hall–Kier alpha value is -0.220.